The molecule has 0 spiro atoms. The lowest BCUT2D eigenvalue weighted by molar-refractivity contribution is 0.332. The van der Waals surface area contributed by atoms with E-state index in [0.717, 1.165) is 40.8 Å². The summed E-state index contributed by atoms with van der Waals surface area (Å²) in [5, 5.41) is 0. The quantitative estimate of drug-likeness (QED) is 0.163. The van der Waals surface area contributed by atoms with Crippen molar-refractivity contribution in [3.8, 4) is 56.4 Å². The van der Waals surface area contributed by atoms with E-state index in [1.165, 1.54) is 39.1 Å². The predicted octanol–water partition coefficient (Wildman–Crippen LogP) is 13.5. The van der Waals surface area contributed by atoms with Crippen LogP contribution in [-0.4, -0.2) is 21.0 Å². The van der Waals surface area contributed by atoms with Gasteiger partial charge in [-0.05, 0) is 76.1 Å². The van der Waals surface area contributed by atoms with Crippen molar-refractivity contribution in [2.75, 3.05) is 4.90 Å². The zero-order valence-corrected chi connectivity index (χ0v) is 32.8. The Morgan fingerprint density at radius 3 is 1.79 bits per heavy atom. The zero-order valence-electron chi connectivity index (χ0n) is 32.8. The molecule has 7 aromatic rings. The molecule has 10 rings (SSSR count). The molecule has 0 saturated heterocycles. The maximum atomic E-state index is 5.35. The molecule has 4 nitrogen and oxygen atoms in total. The highest BCUT2D eigenvalue weighted by Gasteiger charge is 2.45. The smallest absolute Gasteiger partial charge is 0.166 e. The molecule has 280 valence electrons. The van der Waals surface area contributed by atoms with Gasteiger partial charge in [-0.2, -0.15) is 0 Å². The number of anilines is 2. The average molecular weight is 749 g/mol. The van der Waals surface area contributed by atoms with Crippen LogP contribution in [0.2, 0.25) is 0 Å². The number of allylic oxidation sites excluding steroid dienone is 6. The normalized spacial score (nSPS) is 17.7. The van der Waals surface area contributed by atoms with Crippen LogP contribution in [0, 0.1) is 5.92 Å². The first-order valence-corrected chi connectivity index (χ1v) is 20.3. The summed E-state index contributed by atoms with van der Waals surface area (Å²) in [7, 11) is 0. The third-order valence-electron chi connectivity index (χ3n) is 12.1. The second-order valence-electron chi connectivity index (χ2n) is 16.0. The summed E-state index contributed by atoms with van der Waals surface area (Å²) in [6, 6.07) is 54.1. The fourth-order valence-corrected chi connectivity index (χ4v) is 9.09. The minimum Gasteiger partial charge on any atom is -0.333 e. The SMILES string of the molecule is CC1(C)c2ccccc2N(c2ccc(-c3cc(-c4ccccc4)ccc3C3=CC=CCC3)cc2-c2nc(-c3ccccc3)nc(-c3ccccc3)n2)C2C=CC=CC21. The third-order valence-corrected chi connectivity index (χ3v) is 12.1. The van der Waals surface area contributed by atoms with Crippen LogP contribution in [0.25, 0.3) is 62.0 Å². The number of nitrogens with zero attached hydrogens (tertiary/aromatic N) is 4. The van der Waals surface area contributed by atoms with E-state index in [1.54, 1.807) is 0 Å². The van der Waals surface area contributed by atoms with Gasteiger partial charge in [-0.15, -0.1) is 0 Å². The molecule has 0 fully saturated rings. The average Bonchev–Trinajstić information content (AvgIpc) is 3.30. The van der Waals surface area contributed by atoms with Gasteiger partial charge in [0, 0.05) is 33.7 Å². The maximum absolute atomic E-state index is 5.35. The highest BCUT2D eigenvalue weighted by Crippen LogP contribution is 2.52. The lowest BCUT2D eigenvalue weighted by Crippen LogP contribution is -2.49. The van der Waals surface area contributed by atoms with Crippen LogP contribution in [0.3, 0.4) is 0 Å². The molecule has 0 radical (unpaired) electrons. The monoisotopic (exact) mass is 748 g/mol. The van der Waals surface area contributed by atoms with Crippen molar-refractivity contribution in [3.63, 3.8) is 0 Å². The minimum atomic E-state index is -0.0812. The van der Waals surface area contributed by atoms with Crippen molar-refractivity contribution in [2.24, 2.45) is 5.92 Å². The van der Waals surface area contributed by atoms with Gasteiger partial charge in [0.25, 0.3) is 0 Å². The summed E-state index contributed by atoms with van der Waals surface area (Å²) in [6.07, 6.45) is 17.9. The van der Waals surface area contributed by atoms with Gasteiger partial charge in [0.15, 0.2) is 17.5 Å². The lowest BCUT2D eigenvalue weighted by Gasteiger charge is -2.51. The lowest BCUT2D eigenvalue weighted by atomic mass is 9.65. The Morgan fingerprint density at radius 1 is 0.500 bits per heavy atom. The molecular formula is C54H44N4. The Morgan fingerprint density at radius 2 is 1.10 bits per heavy atom. The van der Waals surface area contributed by atoms with E-state index in [9.17, 15) is 0 Å². The van der Waals surface area contributed by atoms with Gasteiger partial charge in [0.1, 0.15) is 0 Å². The molecule has 4 heteroatoms. The summed E-state index contributed by atoms with van der Waals surface area (Å²) < 4.78 is 0. The molecule has 2 aliphatic carbocycles. The van der Waals surface area contributed by atoms with Crippen molar-refractivity contribution in [3.05, 3.63) is 205 Å². The van der Waals surface area contributed by atoms with Gasteiger partial charge in [0.05, 0.1) is 11.7 Å². The molecule has 1 aromatic heterocycles. The van der Waals surface area contributed by atoms with Gasteiger partial charge in [-0.25, -0.2) is 15.0 Å². The van der Waals surface area contributed by atoms with Gasteiger partial charge in [0.2, 0.25) is 0 Å². The van der Waals surface area contributed by atoms with E-state index in [-0.39, 0.29) is 17.4 Å². The van der Waals surface area contributed by atoms with E-state index in [2.05, 4.69) is 177 Å². The molecule has 1 aliphatic heterocycles. The summed E-state index contributed by atoms with van der Waals surface area (Å²) in [6.45, 7) is 4.77. The fraction of sp³-hybridized carbons (Fsp3) is 0.130. The second kappa shape index (κ2) is 14.9. The van der Waals surface area contributed by atoms with Crippen molar-refractivity contribution in [2.45, 2.75) is 38.1 Å². The van der Waals surface area contributed by atoms with E-state index in [4.69, 9.17) is 15.0 Å². The van der Waals surface area contributed by atoms with Crippen LogP contribution < -0.4 is 4.90 Å². The Kier molecular flexibility index (Phi) is 9.10. The predicted molar refractivity (Wildman–Crippen MR) is 241 cm³/mol. The first-order valence-electron chi connectivity index (χ1n) is 20.3. The number of hydrogen-bond donors (Lipinski definition) is 0. The van der Waals surface area contributed by atoms with Gasteiger partial charge in [-0.3, -0.25) is 0 Å². The number of rotatable bonds is 7. The molecule has 2 heterocycles. The molecule has 58 heavy (non-hydrogen) atoms. The summed E-state index contributed by atoms with van der Waals surface area (Å²) in [5.74, 6) is 2.17. The van der Waals surface area contributed by atoms with Crippen LogP contribution in [0.4, 0.5) is 11.4 Å². The van der Waals surface area contributed by atoms with Crippen LogP contribution in [-0.2, 0) is 5.41 Å². The Hall–Kier alpha value is -6.91. The van der Waals surface area contributed by atoms with Crippen molar-refractivity contribution in [1.82, 2.24) is 15.0 Å². The van der Waals surface area contributed by atoms with Gasteiger partial charge < -0.3 is 4.90 Å². The van der Waals surface area contributed by atoms with Crippen LogP contribution in [0.1, 0.15) is 37.8 Å². The Labute approximate surface area is 341 Å². The number of aromatic nitrogens is 3. The maximum Gasteiger partial charge on any atom is 0.166 e. The number of fused-ring (bicyclic) bond motifs is 2. The highest BCUT2D eigenvalue weighted by atomic mass is 15.2. The fourth-order valence-electron chi connectivity index (χ4n) is 9.09. The molecule has 6 aromatic carbocycles. The molecule has 0 N–H and O–H groups in total. The van der Waals surface area contributed by atoms with Crippen molar-refractivity contribution in [1.29, 1.82) is 0 Å². The first-order chi connectivity index (χ1) is 28.5. The van der Waals surface area contributed by atoms with E-state index in [1.807, 2.05) is 36.4 Å². The van der Waals surface area contributed by atoms with Crippen molar-refractivity contribution >= 4 is 16.9 Å². The number of hydrogen-bond acceptors (Lipinski definition) is 4. The molecule has 0 amide bonds. The topological polar surface area (TPSA) is 41.9 Å². The molecule has 3 aliphatic rings. The van der Waals surface area contributed by atoms with Crippen LogP contribution >= 0.6 is 0 Å². The number of benzene rings is 6. The van der Waals surface area contributed by atoms with Crippen molar-refractivity contribution < 1.29 is 0 Å². The molecular weight excluding hydrogens is 705 g/mol. The summed E-state index contributed by atoms with van der Waals surface area (Å²) in [4.78, 5) is 18.3. The summed E-state index contributed by atoms with van der Waals surface area (Å²) in [5.41, 5.74) is 13.6. The van der Waals surface area contributed by atoms with Crippen LogP contribution in [0.15, 0.2) is 194 Å². The molecule has 2 atom stereocenters. The van der Waals surface area contributed by atoms with E-state index in [0.29, 0.717) is 17.5 Å². The molecule has 2 unspecified atom stereocenters. The number of para-hydroxylation sites is 1. The Bertz CT molecular complexity index is 2700. The van der Waals surface area contributed by atoms with E-state index < -0.39 is 0 Å². The van der Waals surface area contributed by atoms with Gasteiger partial charge in [-0.1, -0.05) is 184 Å². The van der Waals surface area contributed by atoms with E-state index >= 15 is 0 Å². The largest absolute Gasteiger partial charge is 0.333 e. The highest BCUT2D eigenvalue weighted by molar-refractivity contribution is 5.91. The standard InChI is InChI=1S/C54H44N4/c1-54(2)46-27-15-17-29-49(46)58(50-30-18-16-28-47(50)54)48-34-32-42(44-35-41(37-19-7-3-8-20-37)31-33-43(44)38-21-9-4-10-22-38)36-45(48)53-56-51(39-23-11-5-12-24-39)55-52(57-53)40-25-13-6-14-26-40/h3-9,11-21,23-36,46,49H,10,22H2,1-2H3. The zero-order chi connectivity index (χ0) is 39.1. The summed E-state index contributed by atoms with van der Waals surface area (Å²) >= 11 is 0. The van der Waals surface area contributed by atoms with Crippen LogP contribution in [0.5, 0.6) is 0 Å². The molecule has 0 saturated carbocycles. The van der Waals surface area contributed by atoms with Gasteiger partial charge >= 0.3 is 0 Å². The second-order valence-corrected chi connectivity index (χ2v) is 16.0. The third kappa shape index (κ3) is 6.41. The Balaban J connectivity index is 1.26. The first kappa shape index (κ1) is 35.5. The molecule has 0 bridgehead atoms. The minimum absolute atomic E-state index is 0.0812.